The molecule has 24 heavy (non-hydrogen) atoms. The molecule has 0 bridgehead atoms. The van der Waals surface area contributed by atoms with E-state index in [0.717, 1.165) is 29.5 Å². The van der Waals surface area contributed by atoms with Crippen molar-refractivity contribution < 1.29 is 4.42 Å². The van der Waals surface area contributed by atoms with Gasteiger partial charge in [-0.3, -0.25) is 0 Å². The number of rotatable bonds is 5. The van der Waals surface area contributed by atoms with Crippen LogP contribution in [-0.2, 0) is 0 Å². The maximum atomic E-state index is 11.6. The summed E-state index contributed by atoms with van der Waals surface area (Å²) in [6, 6.07) is 7.98. The molecule has 1 aromatic heterocycles. The second-order valence-corrected chi connectivity index (χ2v) is 6.70. The number of nitrogens with one attached hydrogen (secondary N) is 1. The summed E-state index contributed by atoms with van der Waals surface area (Å²) < 4.78 is 5.31. The molecule has 2 aromatic rings. The van der Waals surface area contributed by atoms with Crippen LogP contribution < -0.4 is 10.9 Å². The first-order valence-electron chi connectivity index (χ1n) is 8.51. The zero-order valence-corrected chi connectivity index (χ0v) is 15.9. The molecule has 0 saturated carbocycles. The molecule has 2 rings (SSSR count). The normalized spacial score (nSPS) is 13.5. The third kappa shape index (κ3) is 3.96. The van der Waals surface area contributed by atoms with Crippen molar-refractivity contribution >= 4 is 34.0 Å². The maximum absolute atomic E-state index is 11.6. The molecule has 130 valence electrons. The minimum absolute atomic E-state index is 0.333. The van der Waals surface area contributed by atoms with Crippen molar-refractivity contribution in [1.29, 1.82) is 0 Å². The van der Waals surface area contributed by atoms with Crippen LogP contribution in [0.3, 0.4) is 0 Å². The number of anilines is 1. The molecule has 4 nitrogen and oxygen atoms in total. The monoisotopic (exact) mass is 346 g/mol. The first-order chi connectivity index (χ1) is 11.4. The highest BCUT2D eigenvalue weighted by atomic mass is 32.1. The average molecular weight is 346 g/mol. The van der Waals surface area contributed by atoms with Crippen LogP contribution in [0.15, 0.2) is 33.5 Å². The van der Waals surface area contributed by atoms with Gasteiger partial charge >= 0.3 is 5.63 Å². The largest absolute Gasteiger partial charge is 0.423 e. The minimum Gasteiger partial charge on any atom is -0.423 e. The van der Waals surface area contributed by atoms with Crippen LogP contribution in [0.1, 0.15) is 46.1 Å². The van der Waals surface area contributed by atoms with Gasteiger partial charge in [-0.1, -0.05) is 13.8 Å². The van der Waals surface area contributed by atoms with E-state index < -0.39 is 0 Å². The van der Waals surface area contributed by atoms with Crippen LogP contribution in [0.2, 0.25) is 0 Å². The zero-order valence-electron chi connectivity index (χ0n) is 15.1. The molecule has 2 unspecified atom stereocenters. The number of thiocarbonyl (C=S) groups is 1. The van der Waals surface area contributed by atoms with Crippen LogP contribution in [0.5, 0.6) is 0 Å². The minimum atomic E-state index is -0.333. The number of benzene rings is 1. The molecule has 5 heteroatoms. The number of fused-ring (bicyclic) bond motifs is 1. The molecule has 0 saturated heterocycles. The number of hydrogen-bond acceptors (Lipinski definition) is 3. The lowest BCUT2D eigenvalue weighted by atomic mass is 10.1. The van der Waals surface area contributed by atoms with Crippen molar-refractivity contribution in [2.24, 2.45) is 0 Å². The Bertz CT molecular complexity index is 775. The molecule has 0 fully saturated rings. The smallest absolute Gasteiger partial charge is 0.336 e. The van der Waals surface area contributed by atoms with E-state index in [4.69, 9.17) is 16.6 Å². The van der Waals surface area contributed by atoms with Gasteiger partial charge in [0.05, 0.1) is 0 Å². The lowest BCUT2D eigenvalue weighted by Gasteiger charge is -2.36. The van der Waals surface area contributed by atoms with Crippen LogP contribution in [-0.4, -0.2) is 22.1 Å². The summed E-state index contributed by atoms with van der Waals surface area (Å²) in [4.78, 5) is 13.8. The van der Waals surface area contributed by atoms with Crippen LogP contribution >= 0.6 is 12.2 Å². The SMILES string of the molecule is CCC(C)N(C(=S)Nc1ccc2c(C)cc(=O)oc2c1)C(C)CC. The van der Waals surface area contributed by atoms with Gasteiger partial charge in [0.15, 0.2) is 5.11 Å². The molecule has 0 spiro atoms. The van der Waals surface area contributed by atoms with Gasteiger partial charge in [-0.05, 0) is 63.5 Å². The highest BCUT2D eigenvalue weighted by Gasteiger charge is 2.20. The summed E-state index contributed by atoms with van der Waals surface area (Å²) in [5.74, 6) is 0. The quantitative estimate of drug-likeness (QED) is 0.628. The van der Waals surface area contributed by atoms with E-state index in [1.807, 2.05) is 25.1 Å². The van der Waals surface area contributed by atoms with Crippen molar-refractivity contribution in [3.05, 3.63) is 40.2 Å². The molecule has 1 N–H and O–H groups in total. The Morgan fingerprint density at radius 2 is 1.83 bits per heavy atom. The molecular weight excluding hydrogens is 320 g/mol. The van der Waals surface area contributed by atoms with E-state index in [0.29, 0.717) is 22.8 Å². The van der Waals surface area contributed by atoms with Crippen LogP contribution in [0.4, 0.5) is 5.69 Å². The highest BCUT2D eigenvalue weighted by Crippen LogP contribution is 2.22. The van der Waals surface area contributed by atoms with Crippen LogP contribution in [0, 0.1) is 6.92 Å². The second kappa shape index (κ2) is 7.79. The second-order valence-electron chi connectivity index (χ2n) is 6.31. The van der Waals surface area contributed by atoms with E-state index >= 15 is 0 Å². The first kappa shape index (κ1) is 18.5. The zero-order chi connectivity index (χ0) is 17.9. The Hall–Kier alpha value is -1.88. The Balaban J connectivity index is 2.30. The predicted molar refractivity (Wildman–Crippen MR) is 105 cm³/mol. The van der Waals surface area contributed by atoms with Crippen molar-refractivity contribution in [2.75, 3.05) is 5.32 Å². The van der Waals surface area contributed by atoms with Crippen LogP contribution in [0.25, 0.3) is 11.0 Å². The summed E-state index contributed by atoms with van der Waals surface area (Å²) in [7, 11) is 0. The van der Waals surface area contributed by atoms with Crippen molar-refractivity contribution in [1.82, 2.24) is 4.90 Å². The fraction of sp³-hybridized carbons (Fsp3) is 0.474. The lowest BCUT2D eigenvalue weighted by Crippen LogP contribution is -2.46. The summed E-state index contributed by atoms with van der Waals surface area (Å²) in [5, 5.41) is 4.94. The molecule has 0 aliphatic heterocycles. The van der Waals surface area contributed by atoms with E-state index in [1.54, 1.807) is 0 Å². The summed E-state index contributed by atoms with van der Waals surface area (Å²) in [6.07, 6.45) is 2.05. The Kier molecular flexibility index (Phi) is 5.99. The van der Waals surface area contributed by atoms with Gasteiger partial charge in [-0.25, -0.2) is 4.79 Å². The molecule has 1 aromatic carbocycles. The van der Waals surface area contributed by atoms with Gasteiger partial charge < -0.3 is 14.6 Å². The van der Waals surface area contributed by atoms with Crippen molar-refractivity contribution in [2.45, 2.75) is 59.5 Å². The van der Waals surface area contributed by atoms with Crippen molar-refractivity contribution in [3.8, 4) is 0 Å². The fourth-order valence-corrected chi connectivity index (χ4v) is 3.30. The van der Waals surface area contributed by atoms with E-state index in [-0.39, 0.29) is 5.63 Å². The maximum Gasteiger partial charge on any atom is 0.336 e. The molecular formula is C19H26N2O2S. The molecule has 1 heterocycles. The third-order valence-corrected chi connectivity index (χ3v) is 4.88. The first-order valence-corrected chi connectivity index (χ1v) is 8.92. The van der Waals surface area contributed by atoms with Gasteiger partial charge in [0.2, 0.25) is 0 Å². The topological polar surface area (TPSA) is 45.5 Å². The molecule has 2 atom stereocenters. The Morgan fingerprint density at radius 1 is 1.21 bits per heavy atom. The molecule has 0 aliphatic rings. The standard InChI is InChI=1S/C19H26N2O2S/c1-6-13(4)21(14(5)7-2)19(24)20-15-8-9-16-12(3)10-18(22)23-17(16)11-15/h8-11,13-14H,6-7H2,1-5H3,(H,20,24). The fourth-order valence-electron chi connectivity index (χ4n) is 2.82. The molecule has 0 amide bonds. The molecule has 0 aliphatic carbocycles. The number of aryl methyl sites for hydroxylation is 1. The van der Waals surface area contributed by atoms with Gasteiger partial charge in [-0.2, -0.15) is 0 Å². The van der Waals surface area contributed by atoms with Gasteiger partial charge in [-0.15, -0.1) is 0 Å². The van der Waals surface area contributed by atoms with E-state index in [1.165, 1.54) is 6.07 Å². The van der Waals surface area contributed by atoms with E-state index in [9.17, 15) is 4.79 Å². The van der Waals surface area contributed by atoms with Gasteiger partial charge in [0.1, 0.15) is 5.58 Å². The summed E-state index contributed by atoms with van der Waals surface area (Å²) in [5.41, 5.74) is 1.99. The predicted octanol–water partition coefficient (Wildman–Crippen LogP) is 4.70. The lowest BCUT2D eigenvalue weighted by molar-refractivity contribution is 0.254. The number of hydrogen-bond donors (Lipinski definition) is 1. The van der Waals surface area contributed by atoms with E-state index in [2.05, 4.69) is 37.9 Å². The van der Waals surface area contributed by atoms with Crippen molar-refractivity contribution in [3.63, 3.8) is 0 Å². The summed E-state index contributed by atoms with van der Waals surface area (Å²) >= 11 is 5.64. The summed E-state index contributed by atoms with van der Waals surface area (Å²) in [6.45, 7) is 10.6. The molecule has 0 radical (unpaired) electrons. The Morgan fingerprint density at radius 3 is 2.42 bits per heavy atom. The highest BCUT2D eigenvalue weighted by molar-refractivity contribution is 7.80. The Labute approximate surface area is 148 Å². The average Bonchev–Trinajstić information content (AvgIpc) is 2.53. The van der Waals surface area contributed by atoms with Gasteiger partial charge in [0, 0.05) is 35.3 Å². The van der Waals surface area contributed by atoms with Gasteiger partial charge in [0.25, 0.3) is 0 Å². The third-order valence-electron chi connectivity index (χ3n) is 4.57. The number of nitrogens with zero attached hydrogens (tertiary/aromatic N) is 1.